The van der Waals surface area contributed by atoms with E-state index in [1.54, 1.807) is 13.8 Å². The molecular formula is C20H23ClN6O3S. The summed E-state index contributed by atoms with van der Waals surface area (Å²) >= 11 is 6.17. The van der Waals surface area contributed by atoms with Crippen molar-refractivity contribution in [2.75, 3.05) is 18.4 Å². The Balaban J connectivity index is 1.76. The number of tetrazole rings is 1. The van der Waals surface area contributed by atoms with Gasteiger partial charge in [-0.15, -0.1) is 10.2 Å². The summed E-state index contributed by atoms with van der Waals surface area (Å²) in [6.45, 7) is 5.92. The monoisotopic (exact) mass is 462 g/mol. The van der Waals surface area contributed by atoms with Gasteiger partial charge in [-0.05, 0) is 35.9 Å². The van der Waals surface area contributed by atoms with Crippen LogP contribution in [0.4, 0.5) is 5.69 Å². The summed E-state index contributed by atoms with van der Waals surface area (Å²) in [5.74, 6) is -0.0516. The molecule has 0 spiro atoms. The van der Waals surface area contributed by atoms with Crippen molar-refractivity contribution < 1.29 is 13.2 Å². The summed E-state index contributed by atoms with van der Waals surface area (Å²) in [5.41, 5.74) is 2.01. The molecule has 0 fully saturated rings. The van der Waals surface area contributed by atoms with Gasteiger partial charge in [-0.25, -0.2) is 8.42 Å². The topological polar surface area (TPSA) is 110 Å². The second-order valence-corrected chi connectivity index (χ2v) is 9.08. The second-order valence-electron chi connectivity index (χ2n) is 6.74. The van der Waals surface area contributed by atoms with E-state index in [1.165, 1.54) is 27.3 Å². The molecule has 0 atom stereocenters. The van der Waals surface area contributed by atoms with Crippen LogP contribution < -0.4 is 5.32 Å². The molecule has 1 aromatic heterocycles. The fraction of sp³-hybridized carbons (Fsp3) is 0.300. The number of nitrogens with one attached hydrogen (secondary N) is 1. The summed E-state index contributed by atoms with van der Waals surface area (Å²) in [6, 6.07) is 11.8. The molecule has 0 saturated heterocycles. The summed E-state index contributed by atoms with van der Waals surface area (Å²) < 4.78 is 26.8. The standard InChI is InChI=1S/C20H23ClN6O3S/c1-4-26(5-2)31(29,30)15-10-11-17(21)18(12-15)22-19(28)13-27-24-20(23-25-27)16-9-7-6-8-14(16)3/h6-12H,4-5,13H2,1-3H3,(H,22,28). The number of amides is 1. The van der Waals surface area contributed by atoms with Crippen LogP contribution in [0, 0.1) is 6.92 Å². The maximum Gasteiger partial charge on any atom is 0.248 e. The molecule has 11 heteroatoms. The van der Waals surface area contributed by atoms with Crippen molar-refractivity contribution in [2.24, 2.45) is 0 Å². The molecule has 2 aromatic carbocycles. The van der Waals surface area contributed by atoms with Crippen LogP contribution in [0.5, 0.6) is 0 Å². The molecule has 0 aliphatic rings. The number of carbonyl (C=O) groups is 1. The molecule has 0 saturated carbocycles. The van der Waals surface area contributed by atoms with Gasteiger partial charge in [0.1, 0.15) is 6.54 Å². The molecule has 1 N–H and O–H groups in total. The van der Waals surface area contributed by atoms with E-state index in [9.17, 15) is 13.2 Å². The molecule has 0 bridgehead atoms. The average Bonchev–Trinajstić information content (AvgIpc) is 3.18. The predicted octanol–water partition coefficient (Wildman–Crippen LogP) is 2.97. The lowest BCUT2D eigenvalue weighted by Gasteiger charge is -2.19. The van der Waals surface area contributed by atoms with Gasteiger partial charge in [-0.3, -0.25) is 4.79 Å². The third-order valence-electron chi connectivity index (χ3n) is 4.68. The lowest BCUT2D eigenvalue weighted by Crippen LogP contribution is -2.30. The van der Waals surface area contributed by atoms with Crippen LogP contribution in [0.15, 0.2) is 47.4 Å². The first-order chi connectivity index (χ1) is 14.8. The number of halogens is 1. The SMILES string of the molecule is CCN(CC)S(=O)(=O)c1ccc(Cl)c(NC(=O)Cn2nnc(-c3ccccc3C)n2)c1. The highest BCUT2D eigenvalue weighted by atomic mass is 35.5. The van der Waals surface area contributed by atoms with E-state index in [1.807, 2.05) is 31.2 Å². The Morgan fingerprint density at radius 3 is 2.55 bits per heavy atom. The van der Waals surface area contributed by atoms with Gasteiger partial charge in [-0.1, -0.05) is 49.7 Å². The molecule has 1 amide bonds. The minimum atomic E-state index is -3.68. The molecule has 3 aromatic rings. The number of sulfonamides is 1. The largest absolute Gasteiger partial charge is 0.323 e. The number of anilines is 1. The molecule has 0 radical (unpaired) electrons. The maximum absolute atomic E-state index is 12.7. The normalized spacial score (nSPS) is 11.6. The fourth-order valence-electron chi connectivity index (χ4n) is 3.03. The molecule has 0 aliphatic carbocycles. The highest BCUT2D eigenvalue weighted by Gasteiger charge is 2.23. The van der Waals surface area contributed by atoms with E-state index in [2.05, 4.69) is 20.7 Å². The van der Waals surface area contributed by atoms with Crippen LogP contribution >= 0.6 is 11.6 Å². The van der Waals surface area contributed by atoms with Gasteiger partial charge in [-0.2, -0.15) is 9.10 Å². The first kappa shape index (κ1) is 22.9. The zero-order chi connectivity index (χ0) is 22.6. The van der Waals surface area contributed by atoms with Crippen LogP contribution in [0.25, 0.3) is 11.4 Å². The second kappa shape index (κ2) is 9.54. The third-order valence-corrected chi connectivity index (χ3v) is 7.05. The number of nitrogens with zero attached hydrogens (tertiary/aromatic N) is 5. The van der Waals surface area contributed by atoms with E-state index in [0.29, 0.717) is 18.9 Å². The lowest BCUT2D eigenvalue weighted by atomic mass is 10.1. The summed E-state index contributed by atoms with van der Waals surface area (Å²) in [7, 11) is -3.68. The van der Waals surface area contributed by atoms with Crippen LogP contribution in [0.3, 0.4) is 0 Å². The van der Waals surface area contributed by atoms with Crippen LogP contribution in [-0.4, -0.2) is 51.9 Å². The van der Waals surface area contributed by atoms with Gasteiger partial charge in [0.2, 0.25) is 21.8 Å². The quantitative estimate of drug-likeness (QED) is 0.551. The smallest absolute Gasteiger partial charge is 0.248 e. The van der Waals surface area contributed by atoms with E-state index in [0.717, 1.165) is 11.1 Å². The van der Waals surface area contributed by atoms with Gasteiger partial charge in [0.05, 0.1) is 15.6 Å². The summed E-state index contributed by atoms with van der Waals surface area (Å²) in [4.78, 5) is 13.7. The number of aromatic nitrogens is 4. The molecular weight excluding hydrogens is 440 g/mol. The van der Waals surface area contributed by atoms with Gasteiger partial charge < -0.3 is 5.32 Å². The summed E-state index contributed by atoms with van der Waals surface area (Å²) in [6.07, 6.45) is 0. The van der Waals surface area contributed by atoms with E-state index < -0.39 is 15.9 Å². The van der Waals surface area contributed by atoms with Crippen molar-refractivity contribution in [1.82, 2.24) is 24.5 Å². The molecule has 3 rings (SSSR count). The lowest BCUT2D eigenvalue weighted by molar-refractivity contribution is -0.117. The highest BCUT2D eigenvalue weighted by Crippen LogP contribution is 2.27. The van der Waals surface area contributed by atoms with E-state index in [4.69, 9.17) is 11.6 Å². The van der Waals surface area contributed by atoms with Gasteiger partial charge >= 0.3 is 0 Å². The molecule has 0 unspecified atom stereocenters. The van der Waals surface area contributed by atoms with Crippen molar-refractivity contribution in [2.45, 2.75) is 32.2 Å². The Morgan fingerprint density at radius 1 is 1.16 bits per heavy atom. The number of hydrogen-bond donors (Lipinski definition) is 1. The average molecular weight is 463 g/mol. The predicted molar refractivity (Wildman–Crippen MR) is 118 cm³/mol. The van der Waals surface area contributed by atoms with Gasteiger partial charge in [0, 0.05) is 18.7 Å². The van der Waals surface area contributed by atoms with Crippen molar-refractivity contribution in [3.63, 3.8) is 0 Å². The molecule has 9 nitrogen and oxygen atoms in total. The summed E-state index contributed by atoms with van der Waals surface area (Å²) in [5, 5.41) is 15.0. The Bertz CT molecular complexity index is 1190. The molecule has 31 heavy (non-hydrogen) atoms. The fourth-order valence-corrected chi connectivity index (χ4v) is 4.68. The van der Waals surface area contributed by atoms with Gasteiger partial charge in [0.25, 0.3) is 0 Å². The number of carbonyl (C=O) groups excluding carboxylic acids is 1. The minimum absolute atomic E-state index is 0.0524. The maximum atomic E-state index is 12.7. The van der Waals surface area contributed by atoms with Crippen molar-refractivity contribution >= 4 is 33.2 Å². The first-order valence-electron chi connectivity index (χ1n) is 9.69. The van der Waals surface area contributed by atoms with E-state index in [-0.39, 0.29) is 22.2 Å². The Labute approximate surface area is 186 Å². The number of aryl methyl sites for hydroxylation is 1. The van der Waals surface area contributed by atoms with Crippen LogP contribution in [0.1, 0.15) is 19.4 Å². The Hall–Kier alpha value is -2.82. The van der Waals surface area contributed by atoms with Crippen molar-refractivity contribution in [3.8, 4) is 11.4 Å². The van der Waals surface area contributed by atoms with Crippen molar-refractivity contribution in [3.05, 3.63) is 53.1 Å². The zero-order valence-corrected chi connectivity index (χ0v) is 19.0. The van der Waals surface area contributed by atoms with Crippen LogP contribution in [0.2, 0.25) is 5.02 Å². The Kier molecular flexibility index (Phi) is 7.04. The first-order valence-corrected chi connectivity index (χ1v) is 11.5. The molecule has 1 heterocycles. The van der Waals surface area contributed by atoms with E-state index >= 15 is 0 Å². The number of rotatable bonds is 8. The molecule has 0 aliphatic heterocycles. The van der Waals surface area contributed by atoms with Crippen LogP contribution in [-0.2, 0) is 21.4 Å². The zero-order valence-electron chi connectivity index (χ0n) is 17.4. The third kappa shape index (κ3) is 5.09. The van der Waals surface area contributed by atoms with Crippen molar-refractivity contribution in [1.29, 1.82) is 0 Å². The Morgan fingerprint density at radius 2 is 1.87 bits per heavy atom. The number of benzene rings is 2. The highest BCUT2D eigenvalue weighted by molar-refractivity contribution is 7.89. The minimum Gasteiger partial charge on any atom is -0.323 e. The van der Waals surface area contributed by atoms with Gasteiger partial charge in [0.15, 0.2) is 0 Å². The number of hydrogen-bond acceptors (Lipinski definition) is 6. The molecule has 164 valence electrons.